The maximum absolute atomic E-state index is 4.56. The number of hydrogen-bond donors (Lipinski definition) is 1. The number of hydrazone groups is 1. The van der Waals surface area contributed by atoms with Gasteiger partial charge in [0.25, 0.3) is 0 Å². The molecule has 0 aliphatic heterocycles. The Bertz CT molecular complexity index is 646. The highest BCUT2D eigenvalue weighted by molar-refractivity contribution is 5.82. The summed E-state index contributed by atoms with van der Waals surface area (Å²) in [5, 5.41) is 4.56. The first kappa shape index (κ1) is 16.0. The second-order valence-corrected chi connectivity index (χ2v) is 7.04. The van der Waals surface area contributed by atoms with Gasteiger partial charge in [0, 0.05) is 12.0 Å². The van der Waals surface area contributed by atoms with Crippen molar-refractivity contribution in [2.24, 2.45) is 5.10 Å². The van der Waals surface area contributed by atoms with E-state index in [-0.39, 0.29) is 0 Å². The molecular weight excluding hydrogens is 280 g/mol. The molecule has 1 fully saturated rings. The fourth-order valence-corrected chi connectivity index (χ4v) is 3.92. The predicted molar refractivity (Wildman–Crippen MR) is 98.9 cm³/mol. The first-order valence-corrected chi connectivity index (χ1v) is 8.90. The molecule has 1 atom stereocenters. The monoisotopic (exact) mass is 308 g/mol. The van der Waals surface area contributed by atoms with Crippen LogP contribution in [0.5, 0.6) is 0 Å². The SMILES string of the molecule is CC1=CC(C)=C(C)C1c1ccccc1C=NNC1CCCCC1. The maximum atomic E-state index is 4.56. The number of hydrogen-bond acceptors (Lipinski definition) is 2. The predicted octanol–water partition coefficient (Wildman–Crippen LogP) is 5.32. The molecule has 2 aliphatic rings. The molecule has 1 unspecified atom stereocenters. The maximum Gasteiger partial charge on any atom is 0.0543 e. The van der Waals surface area contributed by atoms with Gasteiger partial charge in [-0.2, -0.15) is 5.10 Å². The number of nitrogens with one attached hydrogen (secondary N) is 1. The van der Waals surface area contributed by atoms with E-state index in [0.29, 0.717) is 12.0 Å². The van der Waals surface area contributed by atoms with E-state index < -0.39 is 0 Å². The number of allylic oxidation sites excluding steroid dienone is 4. The lowest BCUT2D eigenvalue weighted by Gasteiger charge is -2.21. The van der Waals surface area contributed by atoms with Gasteiger partial charge in [-0.05, 0) is 44.7 Å². The molecular formula is C21H28N2. The van der Waals surface area contributed by atoms with Gasteiger partial charge in [0.2, 0.25) is 0 Å². The Morgan fingerprint density at radius 3 is 2.48 bits per heavy atom. The fraction of sp³-hybridized carbons (Fsp3) is 0.476. The Morgan fingerprint density at radius 2 is 1.78 bits per heavy atom. The van der Waals surface area contributed by atoms with Gasteiger partial charge in [-0.25, -0.2) is 0 Å². The van der Waals surface area contributed by atoms with Crippen LogP contribution >= 0.6 is 0 Å². The molecule has 1 aromatic carbocycles. The van der Waals surface area contributed by atoms with Gasteiger partial charge in [0.05, 0.1) is 6.21 Å². The average Bonchev–Trinajstić information content (AvgIpc) is 2.82. The van der Waals surface area contributed by atoms with Crippen molar-refractivity contribution in [2.75, 3.05) is 0 Å². The zero-order valence-corrected chi connectivity index (χ0v) is 14.6. The van der Waals surface area contributed by atoms with Crippen LogP contribution < -0.4 is 5.43 Å². The van der Waals surface area contributed by atoms with Crippen molar-refractivity contribution in [3.8, 4) is 0 Å². The zero-order chi connectivity index (χ0) is 16.2. The Balaban J connectivity index is 1.77. The van der Waals surface area contributed by atoms with Gasteiger partial charge in [0.15, 0.2) is 0 Å². The Labute approximate surface area is 140 Å². The molecule has 3 rings (SSSR count). The Kier molecular flexibility index (Phi) is 5.00. The van der Waals surface area contributed by atoms with Gasteiger partial charge in [-0.15, -0.1) is 0 Å². The van der Waals surface area contributed by atoms with Crippen molar-refractivity contribution < 1.29 is 0 Å². The van der Waals surface area contributed by atoms with Crippen molar-refractivity contribution in [2.45, 2.75) is 64.8 Å². The minimum Gasteiger partial charge on any atom is -0.307 e. The molecule has 1 saturated carbocycles. The molecule has 1 aromatic rings. The van der Waals surface area contributed by atoms with E-state index in [9.17, 15) is 0 Å². The molecule has 2 aliphatic carbocycles. The molecule has 0 spiro atoms. The Hall–Kier alpha value is -1.83. The van der Waals surface area contributed by atoms with Crippen molar-refractivity contribution >= 4 is 6.21 Å². The van der Waals surface area contributed by atoms with Gasteiger partial charge in [-0.3, -0.25) is 0 Å². The normalized spacial score (nSPS) is 22.7. The summed E-state index contributed by atoms with van der Waals surface area (Å²) >= 11 is 0. The number of benzene rings is 1. The molecule has 0 amide bonds. The number of nitrogens with zero attached hydrogens (tertiary/aromatic N) is 1. The third-order valence-corrected chi connectivity index (χ3v) is 5.33. The van der Waals surface area contributed by atoms with Crippen molar-refractivity contribution in [1.82, 2.24) is 5.43 Å². The van der Waals surface area contributed by atoms with Gasteiger partial charge in [0.1, 0.15) is 0 Å². The molecule has 0 bridgehead atoms. The largest absolute Gasteiger partial charge is 0.307 e. The van der Waals surface area contributed by atoms with Gasteiger partial charge < -0.3 is 5.43 Å². The summed E-state index contributed by atoms with van der Waals surface area (Å²) in [7, 11) is 0. The third kappa shape index (κ3) is 3.57. The zero-order valence-electron chi connectivity index (χ0n) is 14.6. The standard InChI is InChI=1S/C21H28N2/c1-15-13-16(2)21(17(15)3)20-12-8-7-9-18(20)14-22-23-19-10-5-4-6-11-19/h7-9,12-14,19,21,23H,4-6,10-11H2,1-3H3. The van der Waals surface area contributed by atoms with Crippen LogP contribution in [0.1, 0.15) is 69.9 Å². The Morgan fingerprint density at radius 1 is 1.04 bits per heavy atom. The smallest absolute Gasteiger partial charge is 0.0543 e. The summed E-state index contributed by atoms with van der Waals surface area (Å²) in [6.07, 6.45) is 10.9. The summed E-state index contributed by atoms with van der Waals surface area (Å²) in [6, 6.07) is 9.21. The minimum absolute atomic E-state index is 0.410. The lowest BCUT2D eigenvalue weighted by molar-refractivity contribution is 0.381. The van der Waals surface area contributed by atoms with Crippen molar-refractivity contribution in [3.05, 3.63) is 58.2 Å². The van der Waals surface area contributed by atoms with Crippen LogP contribution in [-0.2, 0) is 0 Å². The summed E-state index contributed by atoms with van der Waals surface area (Å²) in [5.74, 6) is 0.410. The number of rotatable bonds is 4. The van der Waals surface area contributed by atoms with Crippen LogP contribution in [-0.4, -0.2) is 12.3 Å². The van der Waals surface area contributed by atoms with Crippen LogP contribution in [0.2, 0.25) is 0 Å². The van der Waals surface area contributed by atoms with Crippen molar-refractivity contribution in [3.63, 3.8) is 0 Å². The molecule has 122 valence electrons. The first-order valence-electron chi connectivity index (χ1n) is 8.90. The van der Waals surface area contributed by atoms with E-state index in [0.717, 1.165) is 0 Å². The molecule has 2 nitrogen and oxygen atoms in total. The molecule has 23 heavy (non-hydrogen) atoms. The van der Waals surface area contributed by atoms with E-state index in [1.165, 1.54) is 60.0 Å². The highest BCUT2D eigenvalue weighted by atomic mass is 15.3. The highest BCUT2D eigenvalue weighted by Crippen LogP contribution is 2.40. The van der Waals surface area contributed by atoms with Crippen molar-refractivity contribution in [1.29, 1.82) is 0 Å². The lowest BCUT2D eigenvalue weighted by Crippen LogP contribution is -2.26. The first-order chi connectivity index (χ1) is 11.2. The van der Waals surface area contributed by atoms with E-state index >= 15 is 0 Å². The molecule has 0 heterocycles. The summed E-state index contributed by atoms with van der Waals surface area (Å²) in [4.78, 5) is 0. The van der Waals surface area contributed by atoms with Crippen LogP contribution in [0.15, 0.2) is 52.2 Å². The third-order valence-electron chi connectivity index (χ3n) is 5.33. The summed E-state index contributed by atoms with van der Waals surface area (Å²) < 4.78 is 0. The topological polar surface area (TPSA) is 24.4 Å². The molecule has 0 radical (unpaired) electrons. The molecule has 0 saturated heterocycles. The molecule has 2 heteroatoms. The van der Waals surface area contributed by atoms with Crippen LogP contribution in [0.4, 0.5) is 0 Å². The summed E-state index contributed by atoms with van der Waals surface area (Å²) in [5.41, 5.74) is 10.2. The lowest BCUT2D eigenvalue weighted by atomic mass is 9.86. The average molecular weight is 308 g/mol. The van der Waals surface area contributed by atoms with Gasteiger partial charge in [-0.1, -0.05) is 66.3 Å². The van der Waals surface area contributed by atoms with Crippen LogP contribution in [0, 0.1) is 0 Å². The van der Waals surface area contributed by atoms with E-state index in [4.69, 9.17) is 0 Å². The molecule has 0 aromatic heterocycles. The fourth-order valence-electron chi connectivity index (χ4n) is 3.92. The second kappa shape index (κ2) is 7.16. The molecule has 1 N–H and O–H groups in total. The van der Waals surface area contributed by atoms with E-state index in [1.54, 1.807) is 0 Å². The van der Waals surface area contributed by atoms with Crippen LogP contribution in [0.3, 0.4) is 0 Å². The van der Waals surface area contributed by atoms with E-state index in [2.05, 4.69) is 61.6 Å². The van der Waals surface area contributed by atoms with E-state index in [1.807, 2.05) is 6.21 Å². The second-order valence-electron chi connectivity index (χ2n) is 7.04. The van der Waals surface area contributed by atoms with Gasteiger partial charge >= 0.3 is 0 Å². The quantitative estimate of drug-likeness (QED) is 0.590. The highest BCUT2D eigenvalue weighted by Gasteiger charge is 2.23. The van der Waals surface area contributed by atoms with Crippen LogP contribution in [0.25, 0.3) is 0 Å². The minimum atomic E-state index is 0.410. The summed E-state index contributed by atoms with van der Waals surface area (Å²) in [6.45, 7) is 6.69.